The van der Waals surface area contributed by atoms with Gasteiger partial charge in [-0.05, 0) is 30.2 Å². The Balaban J connectivity index is 2.37. The van der Waals surface area contributed by atoms with Crippen LogP contribution in [0, 0.1) is 0 Å². The topological polar surface area (TPSA) is 55.4 Å². The number of halogens is 1. The van der Waals surface area contributed by atoms with Crippen LogP contribution in [-0.2, 0) is 14.3 Å². The van der Waals surface area contributed by atoms with Crippen molar-refractivity contribution in [2.24, 2.45) is 0 Å². The van der Waals surface area contributed by atoms with Gasteiger partial charge < -0.3 is 10.1 Å². The molecule has 0 heterocycles. The van der Waals surface area contributed by atoms with Crippen LogP contribution in [0.1, 0.15) is 18.9 Å². The Kier molecular flexibility index (Phi) is 6.89. The summed E-state index contributed by atoms with van der Waals surface area (Å²) in [6, 6.07) is 7.50. The second kappa shape index (κ2) is 8.48. The van der Waals surface area contributed by atoms with E-state index in [4.69, 9.17) is 4.74 Å². The van der Waals surface area contributed by atoms with E-state index in [0.29, 0.717) is 6.54 Å². The molecule has 0 radical (unpaired) electrons. The average molecular weight is 326 g/mol. The number of hydrogen-bond acceptors (Lipinski definition) is 3. The fourth-order valence-electron chi connectivity index (χ4n) is 1.27. The van der Waals surface area contributed by atoms with Crippen molar-refractivity contribution in [3.63, 3.8) is 0 Å². The molecule has 1 aromatic rings. The van der Waals surface area contributed by atoms with Gasteiger partial charge in [-0.15, -0.1) is 0 Å². The molecule has 1 N–H and O–H groups in total. The molecule has 0 bridgehead atoms. The van der Waals surface area contributed by atoms with Crippen molar-refractivity contribution in [3.8, 4) is 0 Å². The summed E-state index contributed by atoms with van der Waals surface area (Å²) in [7, 11) is 0. The highest BCUT2D eigenvalue weighted by atomic mass is 79.9. The first kappa shape index (κ1) is 15.4. The zero-order valence-electron chi connectivity index (χ0n) is 10.7. The lowest BCUT2D eigenvalue weighted by atomic mass is 10.2. The minimum absolute atomic E-state index is 0.248. The molecule has 0 saturated carbocycles. The Bertz CT molecular complexity index is 472. The Hall–Kier alpha value is -1.62. The lowest BCUT2D eigenvalue weighted by molar-refractivity contribution is -0.143. The maximum absolute atomic E-state index is 11.4. The van der Waals surface area contributed by atoms with E-state index in [1.807, 2.05) is 31.2 Å². The van der Waals surface area contributed by atoms with E-state index in [-0.39, 0.29) is 12.5 Å². The summed E-state index contributed by atoms with van der Waals surface area (Å²) in [6.45, 7) is 2.29. The van der Waals surface area contributed by atoms with Crippen LogP contribution in [0.4, 0.5) is 0 Å². The number of carbonyl (C=O) groups is 2. The fraction of sp³-hybridized carbons (Fsp3) is 0.286. The van der Waals surface area contributed by atoms with Crippen LogP contribution < -0.4 is 5.32 Å². The summed E-state index contributed by atoms with van der Waals surface area (Å²) in [5.41, 5.74) is 0.877. The third-order valence-electron chi connectivity index (χ3n) is 2.18. The molecule has 19 heavy (non-hydrogen) atoms. The molecule has 102 valence electrons. The van der Waals surface area contributed by atoms with Gasteiger partial charge in [-0.25, -0.2) is 4.79 Å². The van der Waals surface area contributed by atoms with E-state index >= 15 is 0 Å². The highest BCUT2D eigenvalue weighted by molar-refractivity contribution is 9.10. The lowest BCUT2D eigenvalue weighted by Crippen LogP contribution is -2.28. The number of esters is 1. The number of ether oxygens (including phenoxy) is 1. The maximum atomic E-state index is 11.4. The number of benzene rings is 1. The summed E-state index contributed by atoms with van der Waals surface area (Å²) in [5, 5.41) is 2.62. The third kappa shape index (κ3) is 6.76. The first-order valence-corrected chi connectivity index (χ1v) is 6.78. The van der Waals surface area contributed by atoms with E-state index in [2.05, 4.69) is 21.2 Å². The van der Waals surface area contributed by atoms with Crippen molar-refractivity contribution >= 4 is 33.9 Å². The summed E-state index contributed by atoms with van der Waals surface area (Å²) >= 11 is 3.34. The van der Waals surface area contributed by atoms with Crippen molar-refractivity contribution in [2.45, 2.75) is 13.3 Å². The number of carbonyl (C=O) groups excluding carboxylic acids is 2. The van der Waals surface area contributed by atoms with Crippen LogP contribution in [0.5, 0.6) is 0 Å². The Morgan fingerprint density at radius 2 is 2.21 bits per heavy atom. The first-order chi connectivity index (χ1) is 9.11. The van der Waals surface area contributed by atoms with Crippen molar-refractivity contribution in [1.29, 1.82) is 0 Å². The van der Waals surface area contributed by atoms with Crippen molar-refractivity contribution < 1.29 is 14.3 Å². The first-order valence-electron chi connectivity index (χ1n) is 5.99. The van der Waals surface area contributed by atoms with Gasteiger partial charge in [-0.2, -0.15) is 0 Å². The van der Waals surface area contributed by atoms with Crippen molar-refractivity contribution in [3.05, 3.63) is 40.4 Å². The Labute approximate surface area is 121 Å². The molecule has 0 aromatic heterocycles. The average Bonchev–Trinajstić information content (AvgIpc) is 2.40. The second-order valence-electron chi connectivity index (χ2n) is 3.85. The van der Waals surface area contributed by atoms with E-state index < -0.39 is 5.97 Å². The smallest absolute Gasteiger partial charge is 0.331 e. The van der Waals surface area contributed by atoms with E-state index in [9.17, 15) is 9.59 Å². The van der Waals surface area contributed by atoms with Gasteiger partial charge in [-0.1, -0.05) is 35.0 Å². The highest BCUT2D eigenvalue weighted by Gasteiger charge is 2.03. The van der Waals surface area contributed by atoms with Crippen LogP contribution in [0.15, 0.2) is 34.8 Å². The predicted molar refractivity (Wildman–Crippen MR) is 77.4 cm³/mol. The zero-order chi connectivity index (χ0) is 14.1. The fourth-order valence-corrected chi connectivity index (χ4v) is 1.69. The van der Waals surface area contributed by atoms with Crippen molar-refractivity contribution in [1.82, 2.24) is 5.32 Å². The lowest BCUT2D eigenvalue weighted by Gasteiger charge is -2.03. The van der Waals surface area contributed by atoms with E-state index in [0.717, 1.165) is 16.5 Å². The molecular weight excluding hydrogens is 310 g/mol. The van der Waals surface area contributed by atoms with Gasteiger partial charge in [0.15, 0.2) is 6.61 Å². The minimum Gasteiger partial charge on any atom is -0.452 e. The molecule has 0 spiro atoms. The molecule has 0 fully saturated rings. The van der Waals surface area contributed by atoms with Crippen LogP contribution >= 0.6 is 15.9 Å². The van der Waals surface area contributed by atoms with Gasteiger partial charge >= 0.3 is 5.97 Å². The van der Waals surface area contributed by atoms with Gasteiger partial charge in [-0.3, -0.25) is 4.79 Å². The highest BCUT2D eigenvalue weighted by Crippen LogP contribution is 2.12. The van der Waals surface area contributed by atoms with Gasteiger partial charge in [0.2, 0.25) is 0 Å². The van der Waals surface area contributed by atoms with Gasteiger partial charge in [0, 0.05) is 17.1 Å². The van der Waals surface area contributed by atoms with Crippen LogP contribution in [-0.4, -0.2) is 25.0 Å². The zero-order valence-corrected chi connectivity index (χ0v) is 12.3. The number of rotatable bonds is 6. The van der Waals surface area contributed by atoms with Crippen molar-refractivity contribution in [2.75, 3.05) is 13.2 Å². The molecule has 0 aliphatic rings. The maximum Gasteiger partial charge on any atom is 0.331 e. The Morgan fingerprint density at radius 3 is 2.89 bits per heavy atom. The number of hydrogen-bond donors (Lipinski definition) is 1. The largest absolute Gasteiger partial charge is 0.452 e. The monoisotopic (exact) mass is 325 g/mol. The predicted octanol–water partition coefficient (Wildman–Crippen LogP) is 2.53. The molecule has 0 aliphatic carbocycles. The van der Waals surface area contributed by atoms with E-state index in [1.165, 1.54) is 6.08 Å². The number of nitrogens with one attached hydrogen (secondary N) is 1. The molecule has 4 nitrogen and oxygen atoms in total. The molecule has 1 aromatic carbocycles. The molecule has 1 amide bonds. The van der Waals surface area contributed by atoms with Crippen LogP contribution in [0.25, 0.3) is 6.08 Å². The Morgan fingerprint density at radius 1 is 1.42 bits per heavy atom. The second-order valence-corrected chi connectivity index (χ2v) is 4.76. The molecule has 0 saturated heterocycles. The summed E-state index contributed by atoms with van der Waals surface area (Å²) < 4.78 is 5.74. The van der Waals surface area contributed by atoms with Crippen LogP contribution in [0.2, 0.25) is 0 Å². The standard InChI is InChI=1S/C14H16BrNO3/c1-2-8-16-13(17)10-19-14(18)7-6-11-4-3-5-12(15)9-11/h3-7,9H,2,8,10H2,1H3,(H,16,17). The van der Waals surface area contributed by atoms with Gasteiger partial charge in [0.1, 0.15) is 0 Å². The summed E-state index contributed by atoms with van der Waals surface area (Å²) in [4.78, 5) is 22.6. The molecular formula is C14H16BrNO3. The van der Waals surface area contributed by atoms with Gasteiger partial charge in [0.25, 0.3) is 5.91 Å². The summed E-state index contributed by atoms with van der Waals surface area (Å²) in [6.07, 6.45) is 3.79. The van der Waals surface area contributed by atoms with Crippen LogP contribution in [0.3, 0.4) is 0 Å². The van der Waals surface area contributed by atoms with E-state index in [1.54, 1.807) is 6.08 Å². The third-order valence-corrected chi connectivity index (χ3v) is 2.67. The molecule has 1 rings (SSSR count). The quantitative estimate of drug-likeness (QED) is 0.646. The van der Waals surface area contributed by atoms with Gasteiger partial charge in [0.05, 0.1) is 0 Å². The molecule has 0 unspecified atom stereocenters. The molecule has 0 atom stereocenters. The normalized spacial score (nSPS) is 10.4. The minimum atomic E-state index is -0.536. The number of amides is 1. The molecule has 0 aliphatic heterocycles. The SMILES string of the molecule is CCCNC(=O)COC(=O)C=Cc1cccc(Br)c1. The molecule has 5 heteroatoms. The summed E-state index contributed by atoms with van der Waals surface area (Å²) in [5.74, 6) is -0.822.